The molecule has 0 radical (unpaired) electrons. The van der Waals surface area contributed by atoms with E-state index in [1.165, 1.54) is 0 Å². The van der Waals surface area contributed by atoms with Crippen molar-refractivity contribution in [2.75, 3.05) is 18.0 Å². The molecule has 0 aromatic carbocycles. The largest absolute Gasteiger partial charge is 0.351 e. The summed E-state index contributed by atoms with van der Waals surface area (Å²) in [6.07, 6.45) is 0.965. The van der Waals surface area contributed by atoms with Crippen LogP contribution in [0, 0.1) is 6.92 Å². The molecule has 0 spiro atoms. The fraction of sp³-hybridized carbons (Fsp3) is 0.692. The highest BCUT2D eigenvalue weighted by Gasteiger charge is 2.23. The predicted octanol–water partition coefficient (Wildman–Crippen LogP) is 1.53. The van der Waals surface area contributed by atoms with Crippen LogP contribution in [0.15, 0.2) is 6.07 Å². The number of aromatic nitrogens is 2. The minimum Gasteiger partial charge on any atom is -0.351 e. The van der Waals surface area contributed by atoms with Crippen LogP contribution >= 0.6 is 0 Å². The van der Waals surface area contributed by atoms with E-state index in [0.29, 0.717) is 12.1 Å². The van der Waals surface area contributed by atoms with Gasteiger partial charge in [-0.1, -0.05) is 6.92 Å². The molecule has 0 amide bonds. The second-order valence-electron chi connectivity index (χ2n) is 4.93. The van der Waals surface area contributed by atoms with Gasteiger partial charge in [-0.15, -0.1) is 0 Å². The molecule has 2 heterocycles. The quantitative estimate of drug-likeness (QED) is 0.842. The first-order valence-electron chi connectivity index (χ1n) is 6.44. The Morgan fingerprint density at radius 1 is 1.41 bits per heavy atom. The van der Waals surface area contributed by atoms with E-state index in [9.17, 15) is 0 Å². The summed E-state index contributed by atoms with van der Waals surface area (Å²) in [7, 11) is 0. The van der Waals surface area contributed by atoms with E-state index in [1.54, 1.807) is 0 Å². The molecule has 0 bridgehead atoms. The van der Waals surface area contributed by atoms with E-state index < -0.39 is 0 Å². The second-order valence-corrected chi connectivity index (χ2v) is 4.93. The van der Waals surface area contributed by atoms with E-state index in [0.717, 1.165) is 36.8 Å². The minimum atomic E-state index is 0.491. The smallest absolute Gasteiger partial charge is 0.132 e. The first kappa shape index (κ1) is 12.3. The molecule has 94 valence electrons. The van der Waals surface area contributed by atoms with Gasteiger partial charge in [0.25, 0.3) is 0 Å². The van der Waals surface area contributed by atoms with Crippen LogP contribution in [0.3, 0.4) is 0 Å². The van der Waals surface area contributed by atoms with Gasteiger partial charge in [0.2, 0.25) is 0 Å². The molecule has 1 N–H and O–H groups in total. The third kappa shape index (κ3) is 2.75. The van der Waals surface area contributed by atoms with Crippen molar-refractivity contribution < 1.29 is 0 Å². The van der Waals surface area contributed by atoms with Crippen molar-refractivity contribution in [3.05, 3.63) is 17.6 Å². The number of aryl methyl sites for hydroxylation is 2. The lowest BCUT2D eigenvalue weighted by molar-refractivity contribution is 0.422. The molecular formula is C13H22N4. The van der Waals surface area contributed by atoms with Crippen molar-refractivity contribution in [1.82, 2.24) is 15.3 Å². The molecule has 0 saturated carbocycles. The van der Waals surface area contributed by atoms with Gasteiger partial charge in [-0.05, 0) is 27.2 Å². The maximum absolute atomic E-state index is 4.58. The maximum Gasteiger partial charge on any atom is 0.132 e. The Bertz CT molecular complexity index is 391. The number of hydrogen-bond acceptors (Lipinski definition) is 4. The van der Waals surface area contributed by atoms with Crippen LogP contribution in [0.2, 0.25) is 0 Å². The summed E-state index contributed by atoms with van der Waals surface area (Å²) in [5.74, 6) is 1.95. The van der Waals surface area contributed by atoms with Crippen LogP contribution in [0.1, 0.15) is 32.3 Å². The van der Waals surface area contributed by atoms with Crippen molar-refractivity contribution in [2.24, 2.45) is 0 Å². The minimum absolute atomic E-state index is 0.491. The van der Waals surface area contributed by atoms with Crippen molar-refractivity contribution in [3.8, 4) is 0 Å². The molecule has 1 aliphatic heterocycles. The molecule has 4 nitrogen and oxygen atoms in total. The van der Waals surface area contributed by atoms with E-state index in [-0.39, 0.29) is 0 Å². The Morgan fingerprint density at radius 2 is 2.18 bits per heavy atom. The average Bonchev–Trinajstić information content (AvgIpc) is 2.31. The van der Waals surface area contributed by atoms with Crippen LogP contribution in [0.4, 0.5) is 5.82 Å². The molecule has 4 heteroatoms. The van der Waals surface area contributed by atoms with E-state index >= 15 is 0 Å². The molecular weight excluding hydrogens is 212 g/mol. The second kappa shape index (κ2) is 5.00. The molecule has 1 aromatic heterocycles. The number of rotatable bonds is 2. The van der Waals surface area contributed by atoms with E-state index in [1.807, 2.05) is 6.92 Å². The van der Waals surface area contributed by atoms with Crippen molar-refractivity contribution >= 4 is 5.82 Å². The summed E-state index contributed by atoms with van der Waals surface area (Å²) in [5.41, 5.74) is 1.13. The van der Waals surface area contributed by atoms with Gasteiger partial charge in [-0.25, -0.2) is 9.97 Å². The van der Waals surface area contributed by atoms with Gasteiger partial charge in [0.1, 0.15) is 11.6 Å². The highest BCUT2D eigenvalue weighted by molar-refractivity contribution is 5.42. The molecule has 1 saturated heterocycles. The standard InChI is InChI=1S/C13H22N4/c1-5-12-6-13(16-11(4)15-12)17-8-9(2)14-7-10(17)3/h6,9-10,14H,5,7-8H2,1-4H3. The van der Waals surface area contributed by atoms with Gasteiger partial charge < -0.3 is 10.2 Å². The fourth-order valence-electron chi connectivity index (χ4n) is 2.28. The molecule has 17 heavy (non-hydrogen) atoms. The highest BCUT2D eigenvalue weighted by Crippen LogP contribution is 2.18. The Hall–Kier alpha value is -1.16. The first-order valence-corrected chi connectivity index (χ1v) is 6.44. The zero-order valence-corrected chi connectivity index (χ0v) is 11.2. The fourth-order valence-corrected chi connectivity index (χ4v) is 2.28. The summed E-state index contributed by atoms with van der Waals surface area (Å²) in [6, 6.07) is 3.14. The molecule has 1 aliphatic rings. The maximum atomic E-state index is 4.58. The topological polar surface area (TPSA) is 41.0 Å². The SMILES string of the molecule is CCc1cc(N2CC(C)NCC2C)nc(C)n1. The van der Waals surface area contributed by atoms with Crippen LogP contribution in [-0.4, -0.2) is 35.1 Å². The monoisotopic (exact) mass is 234 g/mol. The summed E-state index contributed by atoms with van der Waals surface area (Å²) < 4.78 is 0. The third-order valence-electron chi connectivity index (χ3n) is 3.30. The highest BCUT2D eigenvalue weighted by atomic mass is 15.3. The Kier molecular flexibility index (Phi) is 3.62. The van der Waals surface area contributed by atoms with Gasteiger partial charge in [0, 0.05) is 36.9 Å². The zero-order valence-electron chi connectivity index (χ0n) is 11.2. The molecule has 0 aliphatic carbocycles. The van der Waals surface area contributed by atoms with Gasteiger partial charge in [0.15, 0.2) is 0 Å². The van der Waals surface area contributed by atoms with Crippen molar-refractivity contribution in [2.45, 2.75) is 46.2 Å². The first-order chi connectivity index (χ1) is 8.10. The average molecular weight is 234 g/mol. The van der Waals surface area contributed by atoms with Crippen molar-refractivity contribution in [1.29, 1.82) is 0 Å². The molecule has 2 rings (SSSR count). The molecule has 1 aromatic rings. The molecule has 2 unspecified atom stereocenters. The Labute approximate surface area is 103 Å². The third-order valence-corrected chi connectivity index (χ3v) is 3.30. The number of nitrogens with one attached hydrogen (secondary N) is 1. The van der Waals surface area contributed by atoms with Crippen LogP contribution in [0.25, 0.3) is 0 Å². The number of nitrogens with zero attached hydrogens (tertiary/aromatic N) is 3. The lowest BCUT2D eigenvalue weighted by atomic mass is 10.1. The summed E-state index contributed by atoms with van der Waals surface area (Å²) in [6.45, 7) is 10.6. The van der Waals surface area contributed by atoms with Gasteiger partial charge in [0.05, 0.1) is 0 Å². The number of piperazine rings is 1. The lowest BCUT2D eigenvalue weighted by Crippen LogP contribution is -2.54. The summed E-state index contributed by atoms with van der Waals surface area (Å²) in [4.78, 5) is 11.4. The van der Waals surface area contributed by atoms with Gasteiger partial charge in [-0.3, -0.25) is 0 Å². The normalized spacial score (nSPS) is 25.1. The zero-order chi connectivity index (χ0) is 12.4. The van der Waals surface area contributed by atoms with Gasteiger partial charge >= 0.3 is 0 Å². The molecule has 1 fully saturated rings. The van der Waals surface area contributed by atoms with Gasteiger partial charge in [-0.2, -0.15) is 0 Å². The predicted molar refractivity (Wildman–Crippen MR) is 70.4 cm³/mol. The summed E-state index contributed by atoms with van der Waals surface area (Å²) >= 11 is 0. The van der Waals surface area contributed by atoms with E-state index in [4.69, 9.17) is 0 Å². The lowest BCUT2D eigenvalue weighted by Gasteiger charge is -2.38. The van der Waals surface area contributed by atoms with Crippen LogP contribution in [0.5, 0.6) is 0 Å². The van der Waals surface area contributed by atoms with Crippen molar-refractivity contribution in [3.63, 3.8) is 0 Å². The Morgan fingerprint density at radius 3 is 2.88 bits per heavy atom. The Balaban J connectivity index is 2.28. The van der Waals surface area contributed by atoms with E-state index in [2.05, 4.69) is 47.0 Å². The van der Waals surface area contributed by atoms with Crippen LogP contribution < -0.4 is 10.2 Å². The number of hydrogen-bond donors (Lipinski definition) is 1. The number of anilines is 1. The van der Waals surface area contributed by atoms with Crippen LogP contribution in [-0.2, 0) is 6.42 Å². The summed E-state index contributed by atoms with van der Waals surface area (Å²) in [5, 5.41) is 3.49. The molecule has 2 atom stereocenters.